The molecule has 1 aromatic rings. The van der Waals surface area contributed by atoms with Gasteiger partial charge < -0.3 is 11.5 Å². The number of aryl methyl sites for hydroxylation is 1. The summed E-state index contributed by atoms with van der Waals surface area (Å²) in [6.45, 7) is 1.79. The Balaban J connectivity index is 3.41. The number of nitrogens with two attached hydrogens (primary N) is 2. The van der Waals surface area contributed by atoms with Crippen LogP contribution in [0.15, 0.2) is 21.6 Å². The van der Waals surface area contributed by atoms with Crippen molar-refractivity contribution >= 4 is 33.3 Å². The van der Waals surface area contributed by atoms with E-state index in [0.29, 0.717) is 4.47 Å². The fourth-order valence-corrected chi connectivity index (χ4v) is 1.36. The predicted octanol–water partition coefficient (Wildman–Crippen LogP) is 1.57. The third-order valence-corrected chi connectivity index (χ3v) is 2.56. The fraction of sp³-hybridized carbons (Fsp3) is 0.125. The largest absolute Gasteiger partial charge is 0.370 e. The van der Waals surface area contributed by atoms with Gasteiger partial charge in [-0.2, -0.15) is 0 Å². The van der Waals surface area contributed by atoms with E-state index in [1.807, 2.05) is 0 Å². The molecule has 0 aromatic heterocycles. The van der Waals surface area contributed by atoms with Crippen molar-refractivity contribution in [3.63, 3.8) is 0 Å². The summed E-state index contributed by atoms with van der Waals surface area (Å²) in [5, 5.41) is 10.7. The summed E-state index contributed by atoms with van der Waals surface area (Å²) in [5.74, 6) is -0.208. The molecule has 0 bridgehead atoms. The number of nitro groups is 1. The van der Waals surface area contributed by atoms with Gasteiger partial charge in [-0.1, -0.05) is 15.9 Å². The molecule has 0 unspecified atom stereocenters. The van der Waals surface area contributed by atoms with Gasteiger partial charge in [0.1, 0.15) is 5.69 Å². The second-order valence-corrected chi connectivity index (χ2v) is 3.74. The zero-order valence-electron chi connectivity index (χ0n) is 7.90. The monoisotopic (exact) mass is 272 g/mol. The van der Waals surface area contributed by atoms with E-state index in [1.54, 1.807) is 13.0 Å². The average molecular weight is 273 g/mol. The van der Waals surface area contributed by atoms with Gasteiger partial charge in [-0.3, -0.25) is 10.1 Å². The van der Waals surface area contributed by atoms with Crippen LogP contribution < -0.4 is 11.5 Å². The number of nitro benzene ring substituents is 1. The van der Waals surface area contributed by atoms with Crippen molar-refractivity contribution in [2.45, 2.75) is 6.92 Å². The maximum Gasteiger partial charge on any atom is 0.296 e. The van der Waals surface area contributed by atoms with E-state index in [2.05, 4.69) is 20.9 Å². The summed E-state index contributed by atoms with van der Waals surface area (Å²) in [5.41, 5.74) is 11.2. The Bertz CT molecular complexity index is 441. The molecular weight excluding hydrogens is 264 g/mol. The summed E-state index contributed by atoms with van der Waals surface area (Å²) in [4.78, 5) is 13.9. The van der Waals surface area contributed by atoms with Crippen LogP contribution in [0.5, 0.6) is 0 Å². The minimum Gasteiger partial charge on any atom is -0.370 e. The summed E-state index contributed by atoms with van der Waals surface area (Å²) >= 11 is 3.20. The van der Waals surface area contributed by atoms with Crippen LogP contribution in [0.3, 0.4) is 0 Å². The molecule has 80 valence electrons. The van der Waals surface area contributed by atoms with Gasteiger partial charge in [-0.05, 0) is 18.6 Å². The first-order valence-corrected chi connectivity index (χ1v) is 4.75. The first kappa shape index (κ1) is 11.4. The Morgan fingerprint density at radius 3 is 2.60 bits per heavy atom. The van der Waals surface area contributed by atoms with Crippen molar-refractivity contribution in [3.8, 4) is 0 Å². The molecule has 0 saturated heterocycles. The highest BCUT2D eigenvalue weighted by molar-refractivity contribution is 9.10. The van der Waals surface area contributed by atoms with Crippen LogP contribution in [0, 0.1) is 17.0 Å². The molecule has 0 amide bonds. The number of hydrogen-bond acceptors (Lipinski definition) is 3. The number of hydrogen-bond donors (Lipinski definition) is 2. The SMILES string of the molecule is Cc1cc(N=C(N)N)c([N+](=O)[O-])cc1Br. The molecular formula is C8H9BrN4O2. The van der Waals surface area contributed by atoms with Gasteiger partial charge in [0, 0.05) is 10.5 Å². The molecule has 0 spiro atoms. The van der Waals surface area contributed by atoms with Crippen LogP contribution in [0.25, 0.3) is 0 Å². The van der Waals surface area contributed by atoms with E-state index in [1.165, 1.54) is 6.07 Å². The van der Waals surface area contributed by atoms with Crippen LogP contribution in [-0.2, 0) is 0 Å². The molecule has 0 aliphatic carbocycles. The summed E-state index contributed by atoms with van der Waals surface area (Å²) in [7, 11) is 0. The number of halogens is 1. The van der Waals surface area contributed by atoms with E-state index in [4.69, 9.17) is 11.5 Å². The normalized spacial score (nSPS) is 9.73. The molecule has 4 N–H and O–H groups in total. The van der Waals surface area contributed by atoms with Crippen molar-refractivity contribution in [2.75, 3.05) is 0 Å². The Kier molecular flexibility index (Phi) is 3.25. The van der Waals surface area contributed by atoms with Crippen LogP contribution >= 0.6 is 15.9 Å². The summed E-state index contributed by atoms with van der Waals surface area (Å²) in [6, 6.07) is 2.92. The molecule has 15 heavy (non-hydrogen) atoms. The molecule has 0 fully saturated rings. The number of benzene rings is 1. The van der Waals surface area contributed by atoms with Crippen LogP contribution in [-0.4, -0.2) is 10.9 Å². The lowest BCUT2D eigenvalue weighted by Crippen LogP contribution is -2.22. The lowest BCUT2D eigenvalue weighted by atomic mass is 10.2. The number of nitrogens with zero attached hydrogens (tertiary/aromatic N) is 2. The number of rotatable bonds is 2. The molecule has 1 aromatic carbocycles. The van der Waals surface area contributed by atoms with Crippen molar-refractivity contribution < 1.29 is 4.92 Å². The van der Waals surface area contributed by atoms with Crippen molar-refractivity contribution in [1.29, 1.82) is 0 Å². The minimum absolute atomic E-state index is 0.138. The first-order valence-electron chi connectivity index (χ1n) is 3.96. The number of aliphatic imine (C=N–C) groups is 1. The van der Waals surface area contributed by atoms with Crippen molar-refractivity contribution in [3.05, 3.63) is 32.3 Å². The first-order chi connectivity index (χ1) is 6.91. The van der Waals surface area contributed by atoms with Gasteiger partial charge in [-0.25, -0.2) is 4.99 Å². The highest BCUT2D eigenvalue weighted by Crippen LogP contribution is 2.32. The fourth-order valence-electron chi connectivity index (χ4n) is 1.03. The van der Waals surface area contributed by atoms with E-state index in [9.17, 15) is 10.1 Å². The molecule has 0 aliphatic heterocycles. The van der Waals surface area contributed by atoms with Gasteiger partial charge in [-0.15, -0.1) is 0 Å². The zero-order valence-corrected chi connectivity index (χ0v) is 9.48. The molecule has 0 atom stereocenters. The van der Waals surface area contributed by atoms with E-state index in [0.717, 1.165) is 5.56 Å². The second-order valence-electron chi connectivity index (χ2n) is 2.88. The molecule has 0 saturated carbocycles. The minimum atomic E-state index is -0.536. The topological polar surface area (TPSA) is 108 Å². The lowest BCUT2D eigenvalue weighted by Gasteiger charge is -2.02. The Labute approximate surface area is 94.3 Å². The van der Waals surface area contributed by atoms with E-state index < -0.39 is 4.92 Å². The second kappa shape index (κ2) is 4.26. The molecule has 0 heterocycles. The average Bonchev–Trinajstić information content (AvgIpc) is 2.09. The van der Waals surface area contributed by atoms with E-state index in [-0.39, 0.29) is 17.3 Å². The Morgan fingerprint density at radius 1 is 1.53 bits per heavy atom. The third-order valence-electron chi connectivity index (χ3n) is 1.70. The zero-order chi connectivity index (χ0) is 11.6. The highest BCUT2D eigenvalue weighted by atomic mass is 79.9. The smallest absolute Gasteiger partial charge is 0.296 e. The van der Waals surface area contributed by atoms with Crippen molar-refractivity contribution in [2.24, 2.45) is 16.5 Å². The lowest BCUT2D eigenvalue weighted by molar-refractivity contribution is -0.384. The molecule has 0 aliphatic rings. The van der Waals surface area contributed by atoms with Crippen LogP contribution in [0.1, 0.15) is 5.56 Å². The molecule has 7 heteroatoms. The molecule has 0 radical (unpaired) electrons. The van der Waals surface area contributed by atoms with Gasteiger partial charge in [0.05, 0.1) is 4.92 Å². The number of guanidine groups is 1. The van der Waals surface area contributed by atoms with Gasteiger partial charge >= 0.3 is 0 Å². The maximum atomic E-state index is 10.7. The van der Waals surface area contributed by atoms with Crippen LogP contribution in [0.2, 0.25) is 0 Å². The standard InChI is InChI=1S/C8H9BrN4O2/c1-4-2-6(12-8(10)11)7(13(14)15)3-5(4)9/h2-3H,1H3,(H4,10,11,12). The maximum absolute atomic E-state index is 10.7. The van der Waals surface area contributed by atoms with Gasteiger partial charge in [0.15, 0.2) is 5.96 Å². The van der Waals surface area contributed by atoms with Crippen LogP contribution in [0.4, 0.5) is 11.4 Å². The summed E-state index contributed by atoms with van der Waals surface area (Å²) in [6.07, 6.45) is 0. The summed E-state index contributed by atoms with van der Waals surface area (Å²) < 4.78 is 0.642. The molecule has 6 nitrogen and oxygen atoms in total. The Hall–Kier alpha value is -1.63. The third kappa shape index (κ3) is 2.66. The Morgan fingerprint density at radius 2 is 2.13 bits per heavy atom. The van der Waals surface area contributed by atoms with Crippen molar-refractivity contribution in [1.82, 2.24) is 0 Å². The highest BCUT2D eigenvalue weighted by Gasteiger charge is 2.15. The van der Waals surface area contributed by atoms with E-state index >= 15 is 0 Å². The quantitative estimate of drug-likeness (QED) is 0.369. The van der Waals surface area contributed by atoms with Gasteiger partial charge in [0.25, 0.3) is 5.69 Å². The predicted molar refractivity (Wildman–Crippen MR) is 61.0 cm³/mol. The molecule has 1 rings (SSSR count). The van der Waals surface area contributed by atoms with Gasteiger partial charge in [0.2, 0.25) is 0 Å².